The summed E-state index contributed by atoms with van der Waals surface area (Å²) in [6, 6.07) is 7.60. The molecule has 106 valence electrons. The maximum absolute atomic E-state index is 13.6. The maximum Gasteiger partial charge on any atom is 0.142 e. The number of rotatable bonds is 4. The minimum atomic E-state index is -0.613. The van der Waals surface area contributed by atoms with Crippen molar-refractivity contribution >= 4 is 11.6 Å². The minimum absolute atomic E-state index is 0.0615. The van der Waals surface area contributed by atoms with Gasteiger partial charge in [-0.3, -0.25) is 0 Å². The van der Waals surface area contributed by atoms with Crippen molar-refractivity contribution in [3.63, 3.8) is 0 Å². The van der Waals surface area contributed by atoms with Crippen LogP contribution in [0.1, 0.15) is 24.1 Å². The summed E-state index contributed by atoms with van der Waals surface area (Å²) in [6.45, 7) is 2.11. The van der Waals surface area contributed by atoms with E-state index in [2.05, 4.69) is 5.32 Å². The summed E-state index contributed by atoms with van der Waals surface area (Å²) in [6.07, 6.45) is 0. The van der Waals surface area contributed by atoms with Crippen LogP contribution in [0.15, 0.2) is 36.4 Å². The fraction of sp³-hybridized carbons (Fsp3) is 0.200. The third-order valence-corrected chi connectivity index (χ3v) is 3.33. The first kappa shape index (κ1) is 14.9. The molecule has 2 rings (SSSR count). The smallest absolute Gasteiger partial charge is 0.142 e. The van der Waals surface area contributed by atoms with Crippen LogP contribution in [0.3, 0.4) is 0 Å². The van der Waals surface area contributed by atoms with Gasteiger partial charge < -0.3 is 5.32 Å². The lowest BCUT2D eigenvalue weighted by Crippen LogP contribution is -2.19. The summed E-state index contributed by atoms with van der Waals surface area (Å²) in [4.78, 5) is 0. The van der Waals surface area contributed by atoms with Gasteiger partial charge in [0.05, 0.1) is 5.02 Å². The molecule has 0 aliphatic heterocycles. The molecule has 0 spiro atoms. The van der Waals surface area contributed by atoms with Crippen LogP contribution in [-0.4, -0.2) is 0 Å². The van der Waals surface area contributed by atoms with Crippen molar-refractivity contribution < 1.29 is 13.2 Å². The lowest BCUT2D eigenvalue weighted by atomic mass is 10.1. The number of benzene rings is 2. The van der Waals surface area contributed by atoms with E-state index in [1.165, 1.54) is 24.3 Å². The average Bonchev–Trinajstić information content (AvgIpc) is 2.40. The van der Waals surface area contributed by atoms with Gasteiger partial charge in [-0.2, -0.15) is 0 Å². The molecule has 20 heavy (non-hydrogen) atoms. The summed E-state index contributed by atoms with van der Waals surface area (Å²) in [5.41, 5.74) is 1.06. The summed E-state index contributed by atoms with van der Waals surface area (Å²) < 4.78 is 39.7. The molecule has 1 atom stereocenters. The molecule has 2 aromatic carbocycles. The Morgan fingerprint density at radius 2 is 1.80 bits per heavy atom. The van der Waals surface area contributed by atoms with Gasteiger partial charge in [-0.1, -0.05) is 23.7 Å². The highest BCUT2D eigenvalue weighted by atomic mass is 35.5. The third-order valence-electron chi connectivity index (χ3n) is 3.03. The molecule has 2 aromatic rings. The lowest BCUT2D eigenvalue weighted by Gasteiger charge is -2.15. The number of halogens is 4. The molecular weight excluding hydrogens is 287 g/mol. The molecule has 1 unspecified atom stereocenters. The van der Waals surface area contributed by atoms with Crippen molar-refractivity contribution in [3.05, 3.63) is 70.0 Å². The van der Waals surface area contributed by atoms with E-state index in [-0.39, 0.29) is 11.1 Å². The highest BCUT2D eigenvalue weighted by Gasteiger charge is 2.11. The van der Waals surface area contributed by atoms with Gasteiger partial charge in [-0.25, -0.2) is 13.2 Å². The quantitative estimate of drug-likeness (QED) is 0.869. The fourth-order valence-electron chi connectivity index (χ4n) is 1.88. The zero-order chi connectivity index (χ0) is 14.7. The first-order chi connectivity index (χ1) is 9.47. The Bertz CT molecular complexity index is 616. The van der Waals surface area contributed by atoms with Gasteiger partial charge in [0, 0.05) is 24.2 Å². The van der Waals surface area contributed by atoms with Crippen LogP contribution < -0.4 is 5.32 Å². The maximum atomic E-state index is 13.6. The van der Waals surface area contributed by atoms with Gasteiger partial charge in [0.1, 0.15) is 17.5 Å². The van der Waals surface area contributed by atoms with E-state index in [9.17, 15) is 13.2 Å². The van der Waals surface area contributed by atoms with Crippen molar-refractivity contribution in [2.75, 3.05) is 0 Å². The largest absolute Gasteiger partial charge is 0.306 e. The van der Waals surface area contributed by atoms with Crippen molar-refractivity contribution in [3.8, 4) is 0 Å². The molecule has 0 aliphatic carbocycles. The van der Waals surface area contributed by atoms with Gasteiger partial charge in [0.25, 0.3) is 0 Å². The number of hydrogen-bond donors (Lipinski definition) is 1. The highest BCUT2D eigenvalue weighted by molar-refractivity contribution is 6.30. The van der Waals surface area contributed by atoms with E-state index in [1.54, 1.807) is 13.0 Å². The van der Waals surface area contributed by atoms with Crippen molar-refractivity contribution in [2.45, 2.75) is 19.5 Å². The van der Waals surface area contributed by atoms with Crippen molar-refractivity contribution in [1.82, 2.24) is 5.32 Å². The molecule has 0 aliphatic rings. The summed E-state index contributed by atoms with van der Waals surface area (Å²) in [5, 5.41) is 3.11. The molecular formula is C15H13ClF3N. The SMILES string of the molecule is CC(NCc1ccc(Cl)c(F)c1)c1ccc(F)cc1F. The van der Waals surface area contributed by atoms with Crippen LogP contribution >= 0.6 is 11.6 Å². The molecule has 1 N–H and O–H groups in total. The van der Waals surface area contributed by atoms with Gasteiger partial charge in [-0.15, -0.1) is 0 Å². The van der Waals surface area contributed by atoms with Crippen LogP contribution in [0, 0.1) is 17.5 Å². The Labute approximate surface area is 120 Å². The third kappa shape index (κ3) is 3.52. The van der Waals surface area contributed by atoms with E-state index >= 15 is 0 Å². The van der Waals surface area contributed by atoms with Crippen LogP contribution in [0.2, 0.25) is 5.02 Å². The Morgan fingerprint density at radius 3 is 2.45 bits per heavy atom. The van der Waals surface area contributed by atoms with Gasteiger partial charge in [0.15, 0.2) is 0 Å². The predicted molar refractivity (Wildman–Crippen MR) is 73.0 cm³/mol. The Balaban J connectivity index is 2.04. The zero-order valence-electron chi connectivity index (χ0n) is 10.8. The lowest BCUT2D eigenvalue weighted by molar-refractivity contribution is 0.516. The van der Waals surface area contributed by atoms with Gasteiger partial charge >= 0.3 is 0 Å². The predicted octanol–water partition coefficient (Wildman–Crippen LogP) is 4.61. The molecule has 0 fully saturated rings. The first-order valence-corrected chi connectivity index (χ1v) is 6.47. The fourth-order valence-corrected chi connectivity index (χ4v) is 2.00. The Morgan fingerprint density at radius 1 is 1.05 bits per heavy atom. The average molecular weight is 300 g/mol. The molecule has 0 bridgehead atoms. The molecule has 0 aromatic heterocycles. The van der Waals surface area contributed by atoms with Crippen molar-refractivity contribution in [2.24, 2.45) is 0 Å². The zero-order valence-corrected chi connectivity index (χ0v) is 11.5. The van der Waals surface area contributed by atoms with Gasteiger partial charge in [-0.05, 0) is 30.7 Å². The molecule has 0 saturated carbocycles. The van der Waals surface area contributed by atoms with Crippen LogP contribution in [0.4, 0.5) is 13.2 Å². The molecule has 5 heteroatoms. The Hall–Kier alpha value is -1.52. The van der Waals surface area contributed by atoms with Gasteiger partial charge in [0.2, 0.25) is 0 Å². The first-order valence-electron chi connectivity index (χ1n) is 6.09. The molecule has 1 nitrogen and oxygen atoms in total. The highest BCUT2D eigenvalue weighted by Crippen LogP contribution is 2.19. The number of nitrogens with one attached hydrogen (secondary N) is 1. The summed E-state index contributed by atoms with van der Waals surface area (Å²) >= 11 is 5.59. The molecule has 0 amide bonds. The van der Waals surface area contributed by atoms with E-state index in [1.807, 2.05) is 0 Å². The standard InChI is InChI=1S/C15H13ClF3N/c1-9(12-4-3-11(17)7-14(12)18)20-8-10-2-5-13(16)15(19)6-10/h2-7,9,20H,8H2,1H3. The second-order valence-electron chi connectivity index (χ2n) is 4.52. The van der Waals surface area contributed by atoms with E-state index in [0.29, 0.717) is 17.7 Å². The summed E-state index contributed by atoms with van der Waals surface area (Å²) in [7, 11) is 0. The monoisotopic (exact) mass is 299 g/mol. The van der Waals surface area contributed by atoms with Crippen LogP contribution in [0.5, 0.6) is 0 Å². The second kappa shape index (κ2) is 6.29. The Kier molecular flexibility index (Phi) is 4.68. The minimum Gasteiger partial charge on any atom is -0.306 e. The van der Waals surface area contributed by atoms with Crippen molar-refractivity contribution in [1.29, 1.82) is 0 Å². The van der Waals surface area contributed by atoms with E-state index in [4.69, 9.17) is 11.6 Å². The van der Waals surface area contributed by atoms with Crippen LogP contribution in [-0.2, 0) is 6.54 Å². The second-order valence-corrected chi connectivity index (χ2v) is 4.92. The summed E-state index contributed by atoms with van der Waals surface area (Å²) in [5.74, 6) is -1.71. The van der Waals surface area contributed by atoms with E-state index in [0.717, 1.165) is 6.07 Å². The van der Waals surface area contributed by atoms with E-state index < -0.39 is 17.5 Å². The van der Waals surface area contributed by atoms with Crippen LogP contribution in [0.25, 0.3) is 0 Å². The molecule has 0 heterocycles. The molecule has 0 saturated heterocycles. The number of hydrogen-bond acceptors (Lipinski definition) is 1. The normalized spacial score (nSPS) is 12.4. The molecule has 0 radical (unpaired) electrons. The topological polar surface area (TPSA) is 12.0 Å².